The molecule has 2 heterocycles. The Labute approximate surface area is 137 Å². The summed E-state index contributed by atoms with van der Waals surface area (Å²) in [6, 6.07) is -0.0601. The van der Waals surface area contributed by atoms with Crippen LogP contribution < -0.4 is 5.32 Å². The maximum atomic E-state index is 12.1. The molecule has 1 fully saturated rings. The molecule has 1 N–H and O–H groups in total. The van der Waals surface area contributed by atoms with Gasteiger partial charge in [0, 0.05) is 32.0 Å². The van der Waals surface area contributed by atoms with Crippen molar-refractivity contribution in [3.05, 3.63) is 30.4 Å². The smallest absolute Gasteiger partial charge is 0.220 e. The number of amides is 1. The fraction of sp³-hybridized carbons (Fsp3) is 0.647. The number of rotatable bonds is 8. The number of carbonyl (C=O) groups is 1. The Kier molecular flexibility index (Phi) is 7.29. The second-order valence-corrected chi connectivity index (χ2v) is 6.09. The number of aromatic nitrogens is 2. The van der Waals surface area contributed by atoms with Gasteiger partial charge in [0.05, 0.1) is 31.7 Å². The van der Waals surface area contributed by atoms with E-state index in [0.29, 0.717) is 26.2 Å². The van der Waals surface area contributed by atoms with Crippen molar-refractivity contribution in [2.24, 2.45) is 0 Å². The average Bonchev–Trinajstić information content (AvgIpc) is 3.02. The predicted molar refractivity (Wildman–Crippen MR) is 88.0 cm³/mol. The summed E-state index contributed by atoms with van der Waals surface area (Å²) in [6.45, 7) is 6.69. The third-order valence-electron chi connectivity index (χ3n) is 3.82. The van der Waals surface area contributed by atoms with Gasteiger partial charge in [-0.05, 0) is 26.7 Å². The van der Waals surface area contributed by atoms with Crippen LogP contribution in [0, 0.1) is 0 Å². The first-order valence-corrected chi connectivity index (χ1v) is 8.23. The number of aryl methyl sites for hydroxylation is 1. The summed E-state index contributed by atoms with van der Waals surface area (Å²) in [5, 5.41) is 3.05. The molecular weight excluding hydrogens is 294 g/mol. The van der Waals surface area contributed by atoms with Gasteiger partial charge in [-0.2, -0.15) is 0 Å². The molecule has 0 radical (unpaired) electrons. The number of nitrogens with one attached hydrogen (secondary N) is 1. The minimum atomic E-state index is -0.0601. The maximum Gasteiger partial charge on any atom is 0.220 e. The SMILES string of the molecule is CC(C)=CCO[C@@H]1CCOC[C@@H]1NC(=O)CCCn1ccnc1. The molecule has 0 aromatic carbocycles. The van der Waals surface area contributed by atoms with Crippen LogP contribution in [0.5, 0.6) is 0 Å². The largest absolute Gasteiger partial charge is 0.379 e. The van der Waals surface area contributed by atoms with Crippen LogP contribution in [0.3, 0.4) is 0 Å². The first-order valence-electron chi connectivity index (χ1n) is 8.23. The molecule has 1 aliphatic rings. The van der Waals surface area contributed by atoms with E-state index >= 15 is 0 Å². The number of carbonyl (C=O) groups excluding carboxylic acids is 1. The molecule has 23 heavy (non-hydrogen) atoms. The Balaban J connectivity index is 1.71. The van der Waals surface area contributed by atoms with Gasteiger partial charge in [0.1, 0.15) is 0 Å². The summed E-state index contributed by atoms with van der Waals surface area (Å²) in [5.74, 6) is 0.0522. The first kappa shape index (κ1) is 17.7. The van der Waals surface area contributed by atoms with Gasteiger partial charge < -0.3 is 19.4 Å². The molecule has 1 aromatic rings. The Morgan fingerprint density at radius 2 is 2.39 bits per heavy atom. The molecule has 1 aliphatic heterocycles. The van der Waals surface area contributed by atoms with Crippen molar-refractivity contribution in [1.82, 2.24) is 14.9 Å². The Morgan fingerprint density at radius 1 is 1.52 bits per heavy atom. The van der Waals surface area contributed by atoms with E-state index in [1.165, 1.54) is 5.57 Å². The highest BCUT2D eigenvalue weighted by atomic mass is 16.5. The van der Waals surface area contributed by atoms with Gasteiger partial charge in [-0.15, -0.1) is 0 Å². The van der Waals surface area contributed by atoms with Crippen molar-refractivity contribution in [1.29, 1.82) is 0 Å². The fourth-order valence-electron chi connectivity index (χ4n) is 2.51. The van der Waals surface area contributed by atoms with Gasteiger partial charge in [-0.25, -0.2) is 4.98 Å². The number of nitrogens with zero attached hydrogens (tertiary/aromatic N) is 2. The summed E-state index contributed by atoms with van der Waals surface area (Å²) >= 11 is 0. The third kappa shape index (κ3) is 6.54. The van der Waals surface area contributed by atoms with Gasteiger partial charge in [0.2, 0.25) is 5.91 Å². The van der Waals surface area contributed by atoms with Gasteiger partial charge >= 0.3 is 0 Å². The second kappa shape index (κ2) is 9.47. The number of hydrogen-bond acceptors (Lipinski definition) is 4. The normalized spacial score (nSPS) is 21.0. The summed E-state index contributed by atoms with van der Waals surface area (Å²) in [6.07, 6.45) is 9.59. The molecule has 2 atom stereocenters. The molecule has 2 rings (SSSR count). The molecule has 0 unspecified atom stereocenters. The van der Waals surface area contributed by atoms with Crippen LogP contribution in [0.25, 0.3) is 0 Å². The third-order valence-corrected chi connectivity index (χ3v) is 3.82. The summed E-state index contributed by atoms with van der Waals surface area (Å²) in [7, 11) is 0. The Morgan fingerprint density at radius 3 is 3.13 bits per heavy atom. The van der Waals surface area contributed by atoms with E-state index in [9.17, 15) is 4.79 Å². The highest BCUT2D eigenvalue weighted by Crippen LogP contribution is 2.13. The van der Waals surface area contributed by atoms with E-state index in [-0.39, 0.29) is 18.1 Å². The molecule has 1 saturated heterocycles. The van der Waals surface area contributed by atoms with Crippen LogP contribution in [0.2, 0.25) is 0 Å². The first-order chi connectivity index (χ1) is 11.1. The van der Waals surface area contributed by atoms with E-state index in [0.717, 1.165) is 19.4 Å². The zero-order valence-corrected chi connectivity index (χ0v) is 14.0. The van der Waals surface area contributed by atoms with Gasteiger partial charge in [0.15, 0.2) is 0 Å². The zero-order valence-electron chi connectivity index (χ0n) is 14.0. The molecule has 0 aliphatic carbocycles. The van der Waals surface area contributed by atoms with Gasteiger partial charge in [-0.3, -0.25) is 4.79 Å². The maximum absolute atomic E-state index is 12.1. The Hall–Kier alpha value is -1.66. The van der Waals surface area contributed by atoms with Crippen molar-refractivity contribution >= 4 is 5.91 Å². The van der Waals surface area contributed by atoms with Crippen LogP contribution >= 0.6 is 0 Å². The highest BCUT2D eigenvalue weighted by Gasteiger charge is 2.27. The number of allylic oxidation sites excluding steroid dienone is 1. The van der Waals surface area contributed by atoms with Crippen LogP contribution in [0.1, 0.15) is 33.1 Å². The molecule has 0 spiro atoms. The van der Waals surface area contributed by atoms with Crippen molar-refractivity contribution in [3.63, 3.8) is 0 Å². The van der Waals surface area contributed by atoms with E-state index in [1.54, 1.807) is 12.5 Å². The lowest BCUT2D eigenvalue weighted by atomic mass is 10.1. The fourth-order valence-corrected chi connectivity index (χ4v) is 2.51. The highest BCUT2D eigenvalue weighted by molar-refractivity contribution is 5.76. The Bertz CT molecular complexity index is 495. The van der Waals surface area contributed by atoms with E-state index in [2.05, 4.69) is 16.4 Å². The lowest BCUT2D eigenvalue weighted by Crippen LogP contribution is -2.50. The summed E-state index contributed by atoms with van der Waals surface area (Å²) < 4.78 is 13.3. The topological polar surface area (TPSA) is 65.4 Å². The average molecular weight is 321 g/mol. The molecule has 128 valence electrons. The predicted octanol–water partition coefficient (Wildman–Crippen LogP) is 1.92. The van der Waals surface area contributed by atoms with Crippen LogP contribution in [0.4, 0.5) is 0 Å². The quantitative estimate of drug-likeness (QED) is 0.743. The van der Waals surface area contributed by atoms with Crippen LogP contribution in [-0.2, 0) is 20.8 Å². The molecule has 1 amide bonds. The van der Waals surface area contributed by atoms with E-state index in [4.69, 9.17) is 9.47 Å². The molecule has 0 saturated carbocycles. The monoisotopic (exact) mass is 321 g/mol. The van der Waals surface area contributed by atoms with Crippen molar-refractivity contribution < 1.29 is 14.3 Å². The standard InChI is InChI=1S/C17H27N3O3/c1-14(2)5-11-23-16-6-10-22-12-15(16)19-17(21)4-3-8-20-9-7-18-13-20/h5,7,9,13,15-16H,3-4,6,8,10-12H2,1-2H3,(H,19,21)/t15-,16+/m0/s1. The number of imidazole rings is 1. The van der Waals surface area contributed by atoms with Crippen LogP contribution in [0.15, 0.2) is 30.4 Å². The van der Waals surface area contributed by atoms with E-state index < -0.39 is 0 Å². The molecule has 0 bridgehead atoms. The molecule has 1 aromatic heterocycles. The minimum Gasteiger partial charge on any atom is -0.379 e. The molecular formula is C17H27N3O3. The molecule has 6 nitrogen and oxygen atoms in total. The van der Waals surface area contributed by atoms with Crippen molar-refractivity contribution in [2.75, 3.05) is 19.8 Å². The number of ether oxygens (including phenoxy) is 2. The summed E-state index contributed by atoms with van der Waals surface area (Å²) in [4.78, 5) is 16.1. The molecule has 6 heteroatoms. The minimum absolute atomic E-state index is 0.0250. The lowest BCUT2D eigenvalue weighted by molar-refractivity contribution is -0.125. The zero-order chi connectivity index (χ0) is 16.5. The van der Waals surface area contributed by atoms with Crippen molar-refractivity contribution in [3.8, 4) is 0 Å². The van der Waals surface area contributed by atoms with Gasteiger partial charge in [-0.1, -0.05) is 11.6 Å². The summed E-state index contributed by atoms with van der Waals surface area (Å²) in [5.41, 5.74) is 1.23. The second-order valence-electron chi connectivity index (χ2n) is 6.09. The van der Waals surface area contributed by atoms with Crippen molar-refractivity contribution in [2.45, 2.75) is 51.8 Å². The van der Waals surface area contributed by atoms with E-state index in [1.807, 2.05) is 24.6 Å². The van der Waals surface area contributed by atoms with Gasteiger partial charge in [0.25, 0.3) is 0 Å². The lowest BCUT2D eigenvalue weighted by Gasteiger charge is -2.32. The van der Waals surface area contributed by atoms with Crippen LogP contribution in [-0.4, -0.2) is 47.4 Å². The number of hydrogen-bond donors (Lipinski definition) is 1.